The summed E-state index contributed by atoms with van der Waals surface area (Å²) in [6.07, 6.45) is 1.52. The monoisotopic (exact) mass is 358 g/mol. The molecule has 8 heteroatoms. The highest BCUT2D eigenvalue weighted by atomic mass is 32.2. The van der Waals surface area contributed by atoms with Gasteiger partial charge in [-0.15, -0.1) is 0 Å². The van der Waals surface area contributed by atoms with Gasteiger partial charge in [0, 0.05) is 24.1 Å². The molecular weight excluding hydrogens is 340 g/mol. The molecule has 7 nitrogen and oxygen atoms in total. The van der Waals surface area contributed by atoms with Gasteiger partial charge in [-0.3, -0.25) is 4.79 Å². The zero-order chi connectivity index (χ0) is 18.8. The van der Waals surface area contributed by atoms with Gasteiger partial charge in [0.15, 0.2) is 0 Å². The Kier molecular flexibility index (Phi) is 5.11. The van der Waals surface area contributed by atoms with Gasteiger partial charge < -0.3 is 9.88 Å². The van der Waals surface area contributed by atoms with Crippen LogP contribution in [0.5, 0.6) is 0 Å². The standard InChI is InChI=1S/C17H18N4O3S/c1-11-8-13(9-14(10-18)17(22)20-3)12(2)21(11)15-4-6-16(7-5-15)25(19,23)24/h4-9H,1-3H3,(H,20,22)(H2,19,23,24)/b14-9-. The first kappa shape index (κ1) is 18.4. The van der Waals surface area contributed by atoms with Gasteiger partial charge in [-0.1, -0.05) is 0 Å². The fraction of sp³-hybridized carbons (Fsp3) is 0.176. The zero-order valence-electron chi connectivity index (χ0n) is 14.1. The van der Waals surface area contributed by atoms with Crippen LogP contribution in [0.3, 0.4) is 0 Å². The molecule has 1 aromatic heterocycles. The SMILES string of the molecule is CNC(=O)/C(C#N)=C\c1cc(C)n(-c2ccc(S(N)(=O)=O)cc2)c1C. The maximum Gasteiger partial charge on any atom is 0.261 e. The molecule has 2 rings (SSSR count). The van der Waals surface area contributed by atoms with Crippen molar-refractivity contribution in [2.24, 2.45) is 5.14 Å². The van der Waals surface area contributed by atoms with Gasteiger partial charge >= 0.3 is 0 Å². The molecule has 0 saturated carbocycles. The normalized spacial score (nSPS) is 11.9. The van der Waals surface area contributed by atoms with E-state index in [0.29, 0.717) is 0 Å². The first-order valence-corrected chi connectivity index (χ1v) is 8.89. The number of aromatic nitrogens is 1. The lowest BCUT2D eigenvalue weighted by molar-refractivity contribution is -0.116. The summed E-state index contributed by atoms with van der Waals surface area (Å²) in [5.41, 5.74) is 3.18. The average Bonchev–Trinajstić information content (AvgIpc) is 2.85. The largest absolute Gasteiger partial charge is 0.354 e. The lowest BCUT2D eigenvalue weighted by atomic mass is 10.1. The van der Waals surface area contributed by atoms with Crippen molar-refractivity contribution in [3.8, 4) is 11.8 Å². The molecule has 0 aliphatic carbocycles. The Hall–Kier alpha value is -2.89. The molecule has 0 fully saturated rings. The Morgan fingerprint density at radius 1 is 1.28 bits per heavy atom. The van der Waals surface area contributed by atoms with E-state index in [1.165, 1.54) is 25.3 Å². The van der Waals surface area contributed by atoms with E-state index in [-0.39, 0.29) is 10.5 Å². The molecule has 0 atom stereocenters. The minimum absolute atomic E-state index is 0.00678. The second-order valence-corrected chi connectivity index (χ2v) is 7.01. The zero-order valence-corrected chi connectivity index (χ0v) is 14.9. The van der Waals surface area contributed by atoms with Crippen LogP contribution in [0.1, 0.15) is 17.0 Å². The van der Waals surface area contributed by atoms with Gasteiger partial charge in [0.1, 0.15) is 11.6 Å². The lowest BCUT2D eigenvalue weighted by Gasteiger charge is -2.10. The number of benzene rings is 1. The second kappa shape index (κ2) is 6.93. The molecule has 0 spiro atoms. The van der Waals surface area contributed by atoms with E-state index < -0.39 is 15.9 Å². The third kappa shape index (κ3) is 3.79. The summed E-state index contributed by atoms with van der Waals surface area (Å²) in [5.74, 6) is -0.454. The van der Waals surface area contributed by atoms with Gasteiger partial charge in [-0.25, -0.2) is 13.6 Å². The van der Waals surface area contributed by atoms with Crippen molar-refractivity contribution in [3.63, 3.8) is 0 Å². The molecule has 1 heterocycles. The Labute approximate surface area is 146 Å². The van der Waals surface area contributed by atoms with Crippen LogP contribution in [0.4, 0.5) is 0 Å². The van der Waals surface area contributed by atoms with Gasteiger partial charge in [0.05, 0.1) is 4.90 Å². The number of hydrogen-bond donors (Lipinski definition) is 2. The van der Waals surface area contributed by atoms with E-state index >= 15 is 0 Å². The molecule has 2 aromatic rings. The van der Waals surface area contributed by atoms with Gasteiger partial charge in [-0.05, 0) is 55.8 Å². The summed E-state index contributed by atoms with van der Waals surface area (Å²) in [5, 5.41) is 16.7. The minimum atomic E-state index is -3.75. The smallest absolute Gasteiger partial charge is 0.261 e. The van der Waals surface area contributed by atoms with Crippen LogP contribution in [-0.2, 0) is 14.8 Å². The van der Waals surface area contributed by atoms with E-state index in [1.54, 1.807) is 12.1 Å². The Bertz CT molecular complexity index is 994. The number of carbonyl (C=O) groups excluding carboxylic acids is 1. The predicted octanol–water partition coefficient (Wildman–Crippen LogP) is 1.39. The van der Waals surface area contributed by atoms with Gasteiger partial charge in [0.25, 0.3) is 5.91 Å². The number of hydrogen-bond acceptors (Lipinski definition) is 4. The molecule has 0 unspecified atom stereocenters. The highest BCUT2D eigenvalue weighted by Gasteiger charge is 2.14. The van der Waals surface area contributed by atoms with Crippen molar-refractivity contribution in [3.05, 3.63) is 52.9 Å². The van der Waals surface area contributed by atoms with Crippen LogP contribution < -0.4 is 10.5 Å². The molecule has 0 aliphatic heterocycles. The molecule has 3 N–H and O–H groups in total. The topological polar surface area (TPSA) is 118 Å². The maximum atomic E-state index is 11.7. The van der Waals surface area contributed by atoms with E-state index in [2.05, 4.69) is 5.32 Å². The summed E-state index contributed by atoms with van der Waals surface area (Å²) in [7, 11) is -2.29. The summed E-state index contributed by atoms with van der Waals surface area (Å²) < 4.78 is 24.6. The Morgan fingerprint density at radius 3 is 2.36 bits per heavy atom. The molecule has 0 aliphatic rings. The van der Waals surface area contributed by atoms with Gasteiger partial charge in [-0.2, -0.15) is 5.26 Å². The predicted molar refractivity (Wildman–Crippen MR) is 94.3 cm³/mol. The van der Waals surface area contributed by atoms with Crippen LogP contribution in [0.15, 0.2) is 40.8 Å². The van der Waals surface area contributed by atoms with Crippen molar-refractivity contribution in [2.75, 3.05) is 7.05 Å². The van der Waals surface area contributed by atoms with Crippen molar-refractivity contribution < 1.29 is 13.2 Å². The molecule has 1 aromatic carbocycles. The molecule has 0 radical (unpaired) electrons. The number of primary sulfonamides is 1. The average molecular weight is 358 g/mol. The molecule has 25 heavy (non-hydrogen) atoms. The molecule has 0 saturated heterocycles. The van der Waals surface area contributed by atoms with E-state index in [9.17, 15) is 13.2 Å². The number of aryl methyl sites for hydroxylation is 1. The number of nitrogens with zero attached hydrogens (tertiary/aromatic N) is 2. The number of nitrogens with one attached hydrogen (secondary N) is 1. The highest BCUT2D eigenvalue weighted by Crippen LogP contribution is 2.23. The lowest BCUT2D eigenvalue weighted by Crippen LogP contribution is -2.19. The molecule has 1 amide bonds. The van der Waals surface area contributed by atoms with Crippen molar-refractivity contribution in [1.29, 1.82) is 5.26 Å². The molecule has 0 bridgehead atoms. The third-order valence-electron chi connectivity index (χ3n) is 3.79. The number of amides is 1. The number of rotatable bonds is 4. The first-order chi connectivity index (χ1) is 11.7. The van der Waals surface area contributed by atoms with E-state index in [0.717, 1.165) is 22.6 Å². The number of carbonyl (C=O) groups is 1. The second-order valence-electron chi connectivity index (χ2n) is 5.45. The fourth-order valence-corrected chi connectivity index (χ4v) is 3.07. The number of sulfonamides is 1. The van der Waals surface area contributed by atoms with Crippen LogP contribution in [0.2, 0.25) is 0 Å². The van der Waals surface area contributed by atoms with Gasteiger partial charge in [0.2, 0.25) is 10.0 Å². The highest BCUT2D eigenvalue weighted by molar-refractivity contribution is 7.89. The Balaban J connectivity index is 2.52. The first-order valence-electron chi connectivity index (χ1n) is 7.35. The van der Waals surface area contributed by atoms with Crippen LogP contribution in [0, 0.1) is 25.2 Å². The number of nitrogens with two attached hydrogens (primary N) is 1. The van der Waals surface area contributed by atoms with Crippen molar-refractivity contribution in [2.45, 2.75) is 18.7 Å². The van der Waals surface area contributed by atoms with Crippen LogP contribution in [0.25, 0.3) is 11.8 Å². The van der Waals surface area contributed by atoms with Crippen molar-refractivity contribution >= 4 is 22.0 Å². The fourth-order valence-electron chi connectivity index (χ4n) is 2.55. The maximum absolute atomic E-state index is 11.7. The summed E-state index contributed by atoms with van der Waals surface area (Å²) in [6, 6.07) is 9.90. The quantitative estimate of drug-likeness (QED) is 0.634. The van der Waals surface area contributed by atoms with E-state index in [4.69, 9.17) is 10.4 Å². The number of nitriles is 1. The summed E-state index contributed by atoms with van der Waals surface area (Å²) in [6.45, 7) is 3.73. The number of likely N-dealkylation sites (N-methyl/N-ethyl adjacent to an activating group) is 1. The minimum Gasteiger partial charge on any atom is -0.354 e. The van der Waals surface area contributed by atoms with Crippen molar-refractivity contribution in [1.82, 2.24) is 9.88 Å². The summed E-state index contributed by atoms with van der Waals surface area (Å²) in [4.78, 5) is 11.7. The Morgan fingerprint density at radius 2 is 1.88 bits per heavy atom. The molecular formula is C17H18N4O3S. The van der Waals surface area contributed by atoms with Crippen LogP contribution >= 0.6 is 0 Å². The van der Waals surface area contributed by atoms with Crippen LogP contribution in [-0.4, -0.2) is 25.9 Å². The third-order valence-corrected chi connectivity index (χ3v) is 4.71. The molecule has 130 valence electrons. The summed E-state index contributed by atoms with van der Waals surface area (Å²) >= 11 is 0. The van der Waals surface area contributed by atoms with E-state index in [1.807, 2.05) is 30.6 Å².